The number of amides is 1. The molecule has 0 heterocycles. The highest BCUT2D eigenvalue weighted by Gasteiger charge is 2.23. The number of carbonyl (C=O) groups excluding carboxylic acids is 2. The molecule has 6 nitrogen and oxygen atoms in total. The number of aliphatic hydroxyl groups is 1. The average molecular weight is 275 g/mol. The van der Waals surface area contributed by atoms with Crippen molar-refractivity contribution in [2.75, 3.05) is 6.61 Å². The largest absolute Gasteiger partial charge is 0.460 e. The molecular formula is C13H25NO5. The van der Waals surface area contributed by atoms with E-state index in [1.165, 1.54) is 0 Å². The van der Waals surface area contributed by atoms with Gasteiger partial charge < -0.3 is 19.9 Å². The normalized spacial score (nSPS) is 13.6. The average Bonchev–Trinajstić information content (AvgIpc) is 2.10. The quantitative estimate of drug-likeness (QED) is 0.761. The van der Waals surface area contributed by atoms with Crippen molar-refractivity contribution in [2.24, 2.45) is 0 Å². The highest BCUT2D eigenvalue weighted by Crippen LogP contribution is 2.10. The van der Waals surface area contributed by atoms with Gasteiger partial charge in [-0.1, -0.05) is 0 Å². The van der Waals surface area contributed by atoms with E-state index in [1.807, 2.05) is 0 Å². The summed E-state index contributed by atoms with van der Waals surface area (Å²) >= 11 is 0. The minimum Gasteiger partial charge on any atom is -0.460 e. The molecule has 0 aliphatic carbocycles. The number of hydrogen-bond acceptors (Lipinski definition) is 5. The Balaban J connectivity index is 4.29. The van der Waals surface area contributed by atoms with Crippen LogP contribution >= 0.6 is 0 Å². The maximum Gasteiger partial charge on any atom is 0.407 e. The van der Waals surface area contributed by atoms with Gasteiger partial charge in [0.1, 0.15) is 11.2 Å². The number of nitrogens with one attached hydrogen (secondary N) is 1. The van der Waals surface area contributed by atoms with E-state index in [0.29, 0.717) is 0 Å². The fourth-order valence-corrected chi connectivity index (χ4v) is 1.22. The van der Waals surface area contributed by atoms with E-state index in [1.54, 1.807) is 41.5 Å². The number of ether oxygens (including phenoxy) is 2. The lowest BCUT2D eigenvalue weighted by Crippen LogP contribution is -2.42. The molecular weight excluding hydrogens is 250 g/mol. The summed E-state index contributed by atoms with van der Waals surface area (Å²) in [6.07, 6.45) is -0.775. The van der Waals surface area contributed by atoms with Crippen LogP contribution in [0.1, 0.15) is 48.0 Å². The van der Waals surface area contributed by atoms with Crippen LogP contribution in [0.2, 0.25) is 0 Å². The van der Waals surface area contributed by atoms with E-state index >= 15 is 0 Å². The molecule has 0 aromatic carbocycles. The molecule has 19 heavy (non-hydrogen) atoms. The summed E-state index contributed by atoms with van der Waals surface area (Å²) in [7, 11) is 0. The fraction of sp³-hybridized carbons (Fsp3) is 0.846. The summed E-state index contributed by atoms with van der Waals surface area (Å²) in [5.41, 5.74) is -1.22. The number of carbonyl (C=O) groups is 2. The Morgan fingerprint density at radius 1 is 1.05 bits per heavy atom. The fourth-order valence-electron chi connectivity index (χ4n) is 1.22. The van der Waals surface area contributed by atoms with Crippen molar-refractivity contribution in [3.8, 4) is 0 Å². The molecule has 112 valence electrons. The number of rotatable bonds is 4. The SMILES string of the molecule is CC(C)(C)OC(=O)CC(CO)NC(=O)OC(C)(C)C. The molecule has 0 aliphatic heterocycles. The van der Waals surface area contributed by atoms with E-state index in [-0.39, 0.29) is 13.0 Å². The second-order valence-corrected chi connectivity index (χ2v) is 6.32. The molecule has 0 saturated heterocycles. The van der Waals surface area contributed by atoms with Gasteiger partial charge in [0.2, 0.25) is 0 Å². The standard InChI is InChI=1S/C13H25NO5/c1-12(2,3)18-10(16)7-9(8-15)14-11(17)19-13(4,5)6/h9,15H,7-8H2,1-6H3,(H,14,17). The second kappa shape index (κ2) is 6.75. The van der Waals surface area contributed by atoms with Crippen LogP contribution in [0.5, 0.6) is 0 Å². The van der Waals surface area contributed by atoms with Gasteiger partial charge >= 0.3 is 12.1 Å². The molecule has 1 amide bonds. The first-order chi connectivity index (χ1) is 8.43. The number of aliphatic hydroxyl groups excluding tert-OH is 1. The number of alkyl carbamates (subject to hydrolysis) is 1. The Morgan fingerprint density at radius 2 is 1.53 bits per heavy atom. The number of esters is 1. The Morgan fingerprint density at radius 3 is 1.89 bits per heavy atom. The summed E-state index contributed by atoms with van der Waals surface area (Å²) in [5.74, 6) is -0.484. The molecule has 0 rings (SSSR count). The molecule has 0 aromatic heterocycles. The molecule has 0 fully saturated rings. The van der Waals surface area contributed by atoms with Gasteiger partial charge in [-0.3, -0.25) is 4.79 Å². The van der Waals surface area contributed by atoms with Crippen molar-refractivity contribution >= 4 is 12.1 Å². The predicted octanol–water partition coefficient (Wildman–Crippen LogP) is 1.60. The van der Waals surface area contributed by atoms with E-state index < -0.39 is 29.3 Å². The lowest BCUT2D eigenvalue weighted by Gasteiger charge is -2.24. The van der Waals surface area contributed by atoms with Gasteiger partial charge in [-0.25, -0.2) is 4.79 Å². The molecule has 0 aliphatic rings. The van der Waals surface area contributed by atoms with Crippen LogP contribution in [0.4, 0.5) is 4.79 Å². The highest BCUT2D eigenvalue weighted by molar-refractivity contribution is 5.73. The van der Waals surface area contributed by atoms with Crippen molar-refractivity contribution in [2.45, 2.75) is 65.2 Å². The monoisotopic (exact) mass is 275 g/mol. The smallest absolute Gasteiger partial charge is 0.407 e. The van der Waals surface area contributed by atoms with Crippen molar-refractivity contribution in [3.63, 3.8) is 0 Å². The van der Waals surface area contributed by atoms with Crippen LogP contribution < -0.4 is 5.32 Å². The van der Waals surface area contributed by atoms with Crippen LogP contribution in [0, 0.1) is 0 Å². The summed E-state index contributed by atoms with van der Waals surface area (Å²) in [6, 6.07) is -0.718. The second-order valence-electron chi connectivity index (χ2n) is 6.32. The van der Waals surface area contributed by atoms with Gasteiger partial charge in [-0.15, -0.1) is 0 Å². The maximum atomic E-state index is 11.6. The summed E-state index contributed by atoms with van der Waals surface area (Å²) in [4.78, 5) is 23.1. The van der Waals surface area contributed by atoms with Gasteiger partial charge in [-0.05, 0) is 41.5 Å². The zero-order chi connectivity index (χ0) is 15.3. The Bertz CT molecular complexity index is 284. The van der Waals surface area contributed by atoms with Crippen molar-refractivity contribution in [1.29, 1.82) is 0 Å². The molecule has 6 heteroatoms. The highest BCUT2D eigenvalue weighted by atomic mass is 16.6. The third-order valence-corrected chi connectivity index (χ3v) is 1.77. The predicted molar refractivity (Wildman–Crippen MR) is 70.7 cm³/mol. The zero-order valence-electron chi connectivity index (χ0n) is 12.6. The number of hydrogen-bond donors (Lipinski definition) is 2. The van der Waals surface area contributed by atoms with E-state index in [2.05, 4.69) is 5.32 Å². The summed E-state index contributed by atoms with van der Waals surface area (Å²) in [6.45, 7) is 10.1. The van der Waals surface area contributed by atoms with Crippen LogP contribution in [0.3, 0.4) is 0 Å². The molecule has 2 N–H and O–H groups in total. The maximum absolute atomic E-state index is 11.6. The van der Waals surface area contributed by atoms with E-state index in [4.69, 9.17) is 14.6 Å². The minimum atomic E-state index is -0.718. The van der Waals surface area contributed by atoms with Crippen molar-refractivity contribution in [1.82, 2.24) is 5.32 Å². The van der Waals surface area contributed by atoms with Crippen LogP contribution in [0.15, 0.2) is 0 Å². The molecule has 0 saturated carbocycles. The molecule has 0 spiro atoms. The molecule has 1 atom stereocenters. The summed E-state index contributed by atoms with van der Waals surface area (Å²) in [5, 5.41) is 11.6. The van der Waals surface area contributed by atoms with Crippen molar-refractivity contribution < 1.29 is 24.2 Å². The Hall–Kier alpha value is -1.30. The van der Waals surface area contributed by atoms with Crippen LogP contribution in [-0.4, -0.2) is 41.0 Å². The van der Waals surface area contributed by atoms with Gasteiger partial charge in [0, 0.05) is 0 Å². The molecule has 0 aromatic rings. The lowest BCUT2D eigenvalue weighted by atomic mass is 10.1. The third-order valence-electron chi connectivity index (χ3n) is 1.77. The summed E-state index contributed by atoms with van der Waals surface area (Å²) < 4.78 is 10.1. The molecule has 0 bridgehead atoms. The van der Waals surface area contributed by atoms with E-state index in [9.17, 15) is 9.59 Å². The molecule has 0 radical (unpaired) electrons. The van der Waals surface area contributed by atoms with Gasteiger partial charge in [0.25, 0.3) is 0 Å². The van der Waals surface area contributed by atoms with Gasteiger partial charge in [-0.2, -0.15) is 0 Å². The van der Waals surface area contributed by atoms with E-state index in [0.717, 1.165) is 0 Å². The first kappa shape index (κ1) is 17.7. The van der Waals surface area contributed by atoms with Crippen LogP contribution in [0.25, 0.3) is 0 Å². The zero-order valence-corrected chi connectivity index (χ0v) is 12.6. The molecule has 1 unspecified atom stereocenters. The first-order valence-corrected chi connectivity index (χ1v) is 6.25. The van der Waals surface area contributed by atoms with Crippen molar-refractivity contribution in [3.05, 3.63) is 0 Å². The lowest BCUT2D eigenvalue weighted by molar-refractivity contribution is -0.155. The Kier molecular flexibility index (Phi) is 6.29. The first-order valence-electron chi connectivity index (χ1n) is 6.25. The van der Waals surface area contributed by atoms with Crippen LogP contribution in [-0.2, 0) is 14.3 Å². The Labute approximate surface area is 114 Å². The minimum absolute atomic E-state index is 0.104. The third kappa shape index (κ3) is 10.3. The van der Waals surface area contributed by atoms with Gasteiger partial charge in [0.15, 0.2) is 0 Å². The van der Waals surface area contributed by atoms with Gasteiger partial charge in [0.05, 0.1) is 19.1 Å². The topological polar surface area (TPSA) is 84.9 Å².